The van der Waals surface area contributed by atoms with Gasteiger partial charge in [0.2, 0.25) is 0 Å². The van der Waals surface area contributed by atoms with Gasteiger partial charge in [0.05, 0.1) is 16.9 Å². The summed E-state index contributed by atoms with van der Waals surface area (Å²) in [5.41, 5.74) is 8.52. The largest absolute Gasteiger partial charge is 0.397 e. The fraction of sp³-hybridized carbons (Fsp3) is 0.200. The van der Waals surface area contributed by atoms with Crippen LogP contribution in [0.25, 0.3) is 10.9 Å². The molecule has 3 aromatic rings. The number of benzene rings is 2. The van der Waals surface area contributed by atoms with Gasteiger partial charge in [-0.05, 0) is 42.5 Å². The molecular weight excluding hydrogens is 326 g/mol. The van der Waals surface area contributed by atoms with Crippen molar-refractivity contribution in [2.24, 2.45) is 0 Å². The minimum atomic E-state index is -0.184. The Morgan fingerprint density at radius 1 is 1.08 bits per heavy atom. The molecule has 6 heteroatoms. The third kappa shape index (κ3) is 3.32. The van der Waals surface area contributed by atoms with Gasteiger partial charge in [-0.1, -0.05) is 12.1 Å². The van der Waals surface area contributed by atoms with Crippen molar-refractivity contribution >= 4 is 34.0 Å². The number of amides is 1. The fourth-order valence-corrected chi connectivity index (χ4v) is 3.13. The summed E-state index contributed by atoms with van der Waals surface area (Å²) in [6.07, 6.45) is 0. The Morgan fingerprint density at radius 2 is 1.88 bits per heavy atom. The zero-order valence-electron chi connectivity index (χ0n) is 14.4. The number of pyridine rings is 1. The minimum absolute atomic E-state index is 0.184. The number of rotatable bonds is 3. The molecule has 1 aromatic heterocycles. The molecule has 26 heavy (non-hydrogen) atoms. The second kappa shape index (κ2) is 7.01. The van der Waals surface area contributed by atoms with Crippen molar-refractivity contribution in [3.8, 4) is 0 Å². The van der Waals surface area contributed by atoms with Crippen molar-refractivity contribution in [3.63, 3.8) is 0 Å². The Kier molecular flexibility index (Phi) is 4.41. The normalized spacial score (nSPS) is 14.4. The van der Waals surface area contributed by atoms with Crippen molar-refractivity contribution in [1.29, 1.82) is 0 Å². The maximum absolute atomic E-state index is 12.5. The number of fused-ring (bicyclic) bond motifs is 1. The van der Waals surface area contributed by atoms with Crippen LogP contribution in [0.3, 0.4) is 0 Å². The lowest BCUT2D eigenvalue weighted by molar-refractivity contribution is 0.102. The predicted molar refractivity (Wildman–Crippen MR) is 106 cm³/mol. The summed E-state index contributed by atoms with van der Waals surface area (Å²) in [6.45, 7) is 3.86. The van der Waals surface area contributed by atoms with Crippen LogP contribution in [0.5, 0.6) is 0 Å². The highest BCUT2D eigenvalue weighted by Crippen LogP contribution is 2.22. The van der Waals surface area contributed by atoms with Gasteiger partial charge in [0.25, 0.3) is 5.91 Å². The second-order valence-electron chi connectivity index (χ2n) is 6.36. The van der Waals surface area contributed by atoms with Gasteiger partial charge in [0, 0.05) is 37.1 Å². The third-order valence-electron chi connectivity index (χ3n) is 4.59. The quantitative estimate of drug-likeness (QED) is 0.634. The topological polar surface area (TPSA) is 83.3 Å². The van der Waals surface area contributed by atoms with Gasteiger partial charge < -0.3 is 21.3 Å². The van der Waals surface area contributed by atoms with Crippen molar-refractivity contribution in [3.05, 3.63) is 60.2 Å². The molecule has 6 nitrogen and oxygen atoms in total. The Morgan fingerprint density at radius 3 is 2.69 bits per heavy atom. The zero-order valence-corrected chi connectivity index (χ0v) is 14.4. The average molecular weight is 347 g/mol. The number of nitrogens with one attached hydrogen (secondary N) is 2. The van der Waals surface area contributed by atoms with E-state index in [1.54, 1.807) is 18.2 Å². The molecular formula is C20H21N5O. The molecule has 0 bridgehead atoms. The summed E-state index contributed by atoms with van der Waals surface area (Å²) < 4.78 is 0. The first kappa shape index (κ1) is 16.4. The highest BCUT2D eigenvalue weighted by Gasteiger charge is 2.13. The summed E-state index contributed by atoms with van der Waals surface area (Å²) in [5, 5.41) is 7.14. The van der Waals surface area contributed by atoms with Gasteiger partial charge >= 0.3 is 0 Å². The summed E-state index contributed by atoms with van der Waals surface area (Å²) in [5.74, 6) is 0.796. The van der Waals surface area contributed by atoms with E-state index < -0.39 is 0 Å². The van der Waals surface area contributed by atoms with Crippen LogP contribution in [0.2, 0.25) is 0 Å². The number of nitrogens with zero attached hydrogens (tertiary/aromatic N) is 2. The molecule has 4 N–H and O–H groups in total. The first-order valence-electron chi connectivity index (χ1n) is 8.73. The van der Waals surface area contributed by atoms with Crippen LogP contribution < -0.4 is 21.3 Å². The molecule has 0 aliphatic carbocycles. The van der Waals surface area contributed by atoms with Crippen molar-refractivity contribution in [1.82, 2.24) is 10.3 Å². The monoisotopic (exact) mass is 347 g/mol. The molecule has 1 aliphatic heterocycles. The molecule has 0 atom stereocenters. The number of anilines is 3. The summed E-state index contributed by atoms with van der Waals surface area (Å²) in [7, 11) is 0. The van der Waals surface area contributed by atoms with Crippen molar-refractivity contribution in [2.75, 3.05) is 42.1 Å². The van der Waals surface area contributed by atoms with Crippen LogP contribution in [-0.4, -0.2) is 37.1 Å². The van der Waals surface area contributed by atoms with Crippen molar-refractivity contribution in [2.45, 2.75) is 0 Å². The smallest absolute Gasteiger partial charge is 0.255 e. The third-order valence-corrected chi connectivity index (χ3v) is 4.59. The highest BCUT2D eigenvalue weighted by atomic mass is 16.1. The fourth-order valence-electron chi connectivity index (χ4n) is 3.13. The molecule has 0 radical (unpaired) electrons. The molecule has 0 saturated carbocycles. The number of hydrogen-bond acceptors (Lipinski definition) is 5. The maximum Gasteiger partial charge on any atom is 0.255 e. The van der Waals surface area contributed by atoms with Gasteiger partial charge in [-0.15, -0.1) is 0 Å². The Labute approximate surface area is 152 Å². The number of para-hydroxylation sites is 2. The number of carbonyl (C=O) groups is 1. The van der Waals surface area contributed by atoms with Gasteiger partial charge in [-0.25, -0.2) is 4.98 Å². The number of hydrogen-bond donors (Lipinski definition) is 3. The van der Waals surface area contributed by atoms with E-state index in [2.05, 4.69) is 15.5 Å². The number of aromatic nitrogens is 1. The molecule has 1 fully saturated rings. The first-order chi connectivity index (χ1) is 12.7. The van der Waals surface area contributed by atoms with Gasteiger partial charge in [-0.3, -0.25) is 4.79 Å². The summed E-state index contributed by atoms with van der Waals surface area (Å²) in [6, 6.07) is 16.8. The van der Waals surface area contributed by atoms with E-state index in [9.17, 15) is 4.79 Å². The molecule has 132 valence electrons. The maximum atomic E-state index is 12.5. The summed E-state index contributed by atoms with van der Waals surface area (Å²) >= 11 is 0. The van der Waals surface area contributed by atoms with Crippen molar-refractivity contribution < 1.29 is 4.79 Å². The average Bonchev–Trinajstić information content (AvgIpc) is 2.69. The van der Waals surface area contributed by atoms with Gasteiger partial charge in [0.1, 0.15) is 5.82 Å². The van der Waals surface area contributed by atoms with E-state index in [0.717, 1.165) is 42.9 Å². The van der Waals surface area contributed by atoms with E-state index in [4.69, 9.17) is 10.7 Å². The van der Waals surface area contributed by atoms with E-state index in [0.29, 0.717) is 16.9 Å². The lowest BCUT2D eigenvalue weighted by Crippen LogP contribution is -2.43. The standard InChI is InChI=1S/C20H21N5O/c21-16-3-1-2-4-18(16)24-20(26)15-5-7-17-14(13-15)6-8-19(23-17)25-11-9-22-10-12-25/h1-8,13,22H,9-12,21H2,(H,24,26). The lowest BCUT2D eigenvalue weighted by atomic mass is 10.1. The zero-order chi connectivity index (χ0) is 17.9. The molecule has 4 rings (SSSR count). The molecule has 1 amide bonds. The summed E-state index contributed by atoms with van der Waals surface area (Å²) in [4.78, 5) is 19.5. The van der Waals surface area contributed by atoms with Crippen LogP contribution in [0.1, 0.15) is 10.4 Å². The second-order valence-corrected chi connectivity index (χ2v) is 6.36. The van der Waals surface area contributed by atoms with Crippen LogP contribution in [0.4, 0.5) is 17.2 Å². The number of carbonyl (C=O) groups excluding carboxylic acids is 1. The molecule has 2 heterocycles. The Hall–Kier alpha value is -3.12. The molecule has 1 saturated heterocycles. The minimum Gasteiger partial charge on any atom is -0.397 e. The number of nitrogens with two attached hydrogens (primary N) is 1. The highest BCUT2D eigenvalue weighted by molar-refractivity contribution is 6.07. The Bertz CT molecular complexity index is 950. The Balaban J connectivity index is 1.57. The number of nitrogen functional groups attached to an aromatic ring is 1. The first-order valence-corrected chi connectivity index (χ1v) is 8.73. The van der Waals surface area contributed by atoms with Crippen LogP contribution in [-0.2, 0) is 0 Å². The molecule has 2 aromatic carbocycles. The van der Waals surface area contributed by atoms with Crippen LogP contribution in [0.15, 0.2) is 54.6 Å². The van der Waals surface area contributed by atoms with E-state index in [-0.39, 0.29) is 5.91 Å². The van der Waals surface area contributed by atoms with Gasteiger partial charge in [-0.2, -0.15) is 0 Å². The SMILES string of the molecule is Nc1ccccc1NC(=O)c1ccc2nc(N3CCNCC3)ccc2c1. The lowest BCUT2D eigenvalue weighted by Gasteiger charge is -2.28. The molecule has 1 aliphatic rings. The molecule has 0 unspecified atom stereocenters. The predicted octanol–water partition coefficient (Wildman–Crippen LogP) is 2.48. The van der Waals surface area contributed by atoms with Crippen LogP contribution in [0, 0.1) is 0 Å². The van der Waals surface area contributed by atoms with Gasteiger partial charge in [0.15, 0.2) is 0 Å². The van der Waals surface area contributed by atoms with E-state index in [1.807, 2.05) is 36.4 Å². The number of piperazine rings is 1. The molecule has 0 spiro atoms. The van der Waals surface area contributed by atoms with Crippen LogP contribution >= 0.6 is 0 Å². The van der Waals surface area contributed by atoms with E-state index >= 15 is 0 Å². The van der Waals surface area contributed by atoms with E-state index in [1.165, 1.54) is 0 Å².